The summed E-state index contributed by atoms with van der Waals surface area (Å²) in [5.41, 5.74) is 0.469. The van der Waals surface area contributed by atoms with E-state index < -0.39 is 32.2 Å². The summed E-state index contributed by atoms with van der Waals surface area (Å²) in [6.45, 7) is 1.08. The largest absolute Gasteiger partial charge is 0.385 e. The first-order valence-corrected chi connectivity index (χ1v) is 9.89. The Bertz CT molecular complexity index is 673. The second kappa shape index (κ2) is 5.55. The van der Waals surface area contributed by atoms with Crippen LogP contribution in [0.4, 0.5) is 0 Å². The molecule has 0 radical (unpaired) electrons. The molecule has 4 rings (SSSR count). The zero-order chi connectivity index (χ0) is 16.1. The fourth-order valence-electron chi connectivity index (χ4n) is 4.33. The van der Waals surface area contributed by atoms with E-state index in [1.807, 2.05) is 24.3 Å². The van der Waals surface area contributed by atoms with Gasteiger partial charge in [-0.1, -0.05) is 30.7 Å². The average molecular weight is 338 g/mol. The monoisotopic (exact) mass is 338 g/mol. The molecular formula is C17H22O5S. The Kier molecular flexibility index (Phi) is 3.76. The van der Waals surface area contributed by atoms with Gasteiger partial charge < -0.3 is 14.6 Å². The highest BCUT2D eigenvalue weighted by Crippen LogP contribution is 2.47. The number of fused-ring (bicyclic) bond motifs is 2. The summed E-state index contributed by atoms with van der Waals surface area (Å²) in [5.74, 6) is 0. The van der Waals surface area contributed by atoms with E-state index in [1.54, 1.807) is 0 Å². The van der Waals surface area contributed by atoms with E-state index in [0.717, 1.165) is 17.5 Å². The van der Waals surface area contributed by atoms with Crippen LogP contribution in [0.5, 0.6) is 0 Å². The van der Waals surface area contributed by atoms with Crippen LogP contribution in [0.25, 0.3) is 0 Å². The van der Waals surface area contributed by atoms with Gasteiger partial charge in [0.15, 0.2) is 16.1 Å². The molecule has 0 saturated carbocycles. The number of rotatable bonds is 2. The lowest BCUT2D eigenvalue weighted by Crippen LogP contribution is -2.50. The van der Waals surface area contributed by atoms with Crippen molar-refractivity contribution < 1.29 is 23.0 Å². The van der Waals surface area contributed by atoms with Crippen LogP contribution in [0.2, 0.25) is 0 Å². The van der Waals surface area contributed by atoms with Crippen LogP contribution in [0.15, 0.2) is 24.3 Å². The smallest absolute Gasteiger partial charge is 0.184 e. The number of ether oxygens (including phenoxy) is 2. The molecule has 0 aliphatic carbocycles. The molecule has 0 spiro atoms. The van der Waals surface area contributed by atoms with Crippen molar-refractivity contribution in [3.05, 3.63) is 35.4 Å². The summed E-state index contributed by atoms with van der Waals surface area (Å²) in [5, 5.41) is 10.5. The van der Waals surface area contributed by atoms with Crippen LogP contribution in [-0.4, -0.2) is 37.2 Å². The average Bonchev–Trinajstić information content (AvgIpc) is 3.03. The minimum atomic E-state index is -3.10. The van der Waals surface area contributed by atoms with Crippen molar-refractivity contribution in [1.29, 1.82) is 0 Å². The highest BCUT2D eigenvalue weighted by Gasteiger charge is 2.51. The molecule has 6 heteroatoms. The van der Waals surface area contributed by atoms with Gasteiger partial charge in [0, 0.05) is 5.56 Å². The van der Waals surface area contributed by atoms with E-state index in [-0.39, 0.29) is 12.8 Å². The number of benzene rings is 1. The van der Waals surface area contributed by atoms with Crippen LogP contribution in [0, 0.1) is 0 Å². The number of aliphatic hydroxyl groups is 1. The third kappa shape index (κ3) is 2.52. The zero-order valence-corrected chi connectivity index (χ0v) is 13.8. The topological polar surface area (TPSA) is 72.8 Å². The van der Waals surface area contributed by atoms with Crippen molar-refractivity contribution in [3.8, 4) is 0 Å². The minimum Gasteiger partial charge on any atom is -0.385 e. The number of hydrogen-bond donors (Lipinski definition) is 1. The fraction of sp³-hybridized carbons (Fsp3) is 0.647. The highest BCUT2D eigenvalue weighted by molar-refractivity contribution is 7.92. The van der Waals surface area contributed by atoms with Gasteiger partial charge in [0.1, 0.15) is 0 Å². The molecule has 1 aromatic carbocycles. The van der Waals surface area contributed by atoms with Crippen LogP contribution in [0.1, 0.15) is 49.5 Å². The lowest BCUT2D eigenvalue weighted by atomic mass is 9.78. The molecule has 1 N–H and O–H groups in total. The maximum Gasteiger partial charge on any atom is 0.184 e. The molecular weight excluding hydrogens is 316 g/mol. The Labute approximate surface area is 136 Å². The first-order chi connectivity index (χ1) is 11.0. The molecule has 1 aromatic rings. The van der Waals surface area contributed by atoms with Crippen LogP contribution in [-0.2, 0) is 24.9 Å². The molecule has 2 atom stereocenters. The molecule has 5 nitrogen and oxygen atoms in total. The van der Waals surface area contributed by atoms with Gasteiger partial charge in [0.25, 0.3) is 0 Å². The molecule has 3 fully saturated rings. The summed E-state index contributed by atoms with van der Waals surface area (Å²) >= 11 is 0. The van der Waals surface area contributed by atoms with Gasteiger partial charge in [0.2, 0.25) is 0 Å². The summed E-state index contributed by atoms with van der Waals surface area (Å²) in [4.78, 5) is 0. The molecule has 3 aliphatic heterocycles. The maximum absolute atomic E-state index is 12.5. The fourth-order valence-corrected chi connectivity index (χ4v) is 6.88. The molecule has 23 heavy (non-hydrogen) atoms. The molecule has 0 aromatic heterocycles. The minimum absolute atomic E-state index is 0.273. The normalized spacial score (nSPS) is 36.9. The molecule has 0 amide bonds. The van der Waals surface area contributed by atoms with Gasteiger partial charge in [-0.3, -0.25) is 0 Å². The Morgan fingerprint density at radius 3 is 2.30 bits per heavy atom. The highest BCUT2D eigenvalue weighted by atomic mass is 32.2. The van der Waals surface area contributed by atoms with Crippen molar-refractivity contribution in [2.24, 2.45) is 0 Å². The van der Waals surface area contributed by atoms with Gasteiger partial charge in [-0.05, 0) is 31.2 Å². The Morgan fingerprint density at radius 2 is 1.65 bits per heavy atom. The van der Waals surface area contributed by atoms with E-state index >= 15 is 0 Å². The Hall–Kier alpha value is -0.950. The first kappa shape index (κ1) is 15.6. The van der Waals surface area contributed by atoms with Gasteiger partial charge in [-0.15, -0.1) is 0 Å². The van der Waals surface area contributed by atoms with Crippen LogP contribution in [0.3, 0.4) is 0 Å². The standard InChI is InChI=1S/C17H22O5S/c18-17(10-12-4-3-5-13(11-17)23(12,19)20)15-7-2-1-6-14(15)16-21-8-9-22-16/h1-2,6-7,12-13,16,18H,3-5,8-11H2. The molecule has 3 aliphatic rings. The maximum atomic E-state index is 12.5. The van der Waals surface area contributed by atoms with E-state index in [9.17, 15) is 13.5 Å². The molecule has 126 valence electrons. The number of hydrogen-bond acceptors (Lipinski definition) is 5. The van der Waals surface area contributed by atoms with Gasteiger partial charge in [-0.2, -0.15) is 0 Å². The summed E-state index contributed by atoms with van der Waals surface area (Å²) in [6.07, 6.45) is 2.32. The lowest BCUT2D eigenvalue weighted by Gasteiger charge is -2.44. The van der Waals surface area contributed by atoms with Crippen molar-refractivity contribution >= 4 is 9.84 Å². The molecule has 3 saturated heterocycles. The second-order valence-corrected chi connectivity index (χ2v) is 9.38. The second-order valence-electron chi connectivity index (χ2n) is 6.86. The van der Waals surface area contributed by atoms with Gasteiger partial charge in [-0.25, -0.2) is 8.42 Å². The van der Waals surface area contributed by atoms with Gasteiger partial charge >= 0.3 is 0 Å². The van der Waals surface area contributed by atoms with E-state index in [1.165, 1.54) is 0 Å². The SMILES string of the molecule is O=S1(=O)C2CCCC1CC(O)(c1ccccc1C1OCCO1)C2. The predicted molar refractivity (Wildman–Crippen MR) is 84.6 cm³/mol. The first-order valence-electron chi connectivity index (χ1n) is 8.28. The van der Waals surface area contributed by atoms with Crippen molar-refractivity contribution in [1.82, 2.24) is 0 Å². The van der Waals surface area contributed by atoms with Gasteiger partial charge in [0.05, 0.1) is 29.3 Å². The predicted octanol–water partition coefficient (Wildman–Crippen LogP) is 2.05. The Morgan fingerprint density at radius 1 is 1.04 bits per heavy atom. The molecule has 2 unspecified atom stereocenters. The molecule has 2 bridgehead atoms. The van der Waals surface area contributed by atoms with E-state index in [0.29, 0.717) is 26.1 Å². The third-order valence-electron chi connectivity index (χ3n) is 5.45. The number of sulfone groups is 1. The summed E-state index contributed by atoms with van der Waals surface area (Å²) < 4.78 is 36.2. The molecule has 3 heterocycles. The van der Waals surface area contributed by atoms with Crippen molar-refractivity contribution in [2.75, 3.05) is 13.2 Å². The quantitative estimate of drug-likeness (QED) is 0.893. The Balaban J connectivity index is 1.73. The van der Waals surface area contributed by atoms with E-state index in [4.69, 9.17) is 9.47 Å². The van der Waals surface area contributed by atoms with Crippen molar-refractivity contribution in [3.63, 3.8) is 0 Å². The van der Waals surface area contributed by atoms with Crippen molar-refractivity contribution in [2.45, 2.75) is 54.5 Å². The summed E-state index contributed by atoms with van der Waals surface area (Å²) in [7, 11) is -3.10. The third-order valence-corrected chi connectivity index (χ3v) is 8.11. The van der Waals surface area contributed by atoms with Crippen LogP contribution >= 0.6 is 0 Å². The zero-order valence-electron chi connectivity index (χ0n) is 13.0. The summed E-state index contributed by atoms with van der Waals surface area (Å²) in [6, 6.07) is 7.56. The van der Waals surface area contributed by atoms with E-state index in [2.05, 4.69) is 0 Å². The van der Waals surface area contributed by atoms with Crippen LogP contribution < -0.4 is 0 Å². The lowest BCUT2D eigenvalue weighted by molar-refractivity contribution is -0.0521.